The van der Waals surface area contributed by atoms with Gasteiger partial charge in [-0.3, -0.25) is 0 Å². The highest BCUT2D eigenvalue weighted by Crippen LogP contribution is 2.44. The van der Waals surface area contributed by atoms with E-state index >= 15 is 0 Å². The quantitative estimate of drug-likeness (QED) is 0.816. The summed E-state index contributed by atoms with van der Waals surface area (Å²) in [5.74, 6) is 0.753. The van der Waals surface area contributed by atoms with Gasteiger partial charge in [-0.15, -0.1) is 11.3 Å². The van der Waals surface area contributed by atoms with Gasteiger partial charge in [0.25, 0.3) is 0 Å². The van der Waals surface area contributed by atoms with Crippen molar-refractivity contribution in [3.05, 3.63) is 20.8 Å². The Balaban J connectivity index is 1.86. The zero-order chi connectivity index (χ0) is 12.3. The Morgan fingerprint density at radius 1 is 1.47 bits per heavy atom. The predicted octanol–water partition coefficient (Wildman–Crippen LogP) is 4.47. The second-order valence-corrected chi connectivity index (χ2v) is 7.70. The number of hydrogen-bond acceptors (Lipinski definition) is 2. The Labute approximate surface area is 117 Å². The van der Waals surface area contributed by atoms with Crippen LogP contribution < -0.4 is 5.32 Å². The van der Waals surface area contributed by atoms with Crippen LogP contribution in [0.5, 0.6) is 0 Å². The van der Waals surface area contributed by atoms with Crippen LogP contribution in [-0.4, -0.2) is 13.1 Å². The summed E-state index contributed by atoms with van der Waals surface area (Å²) in [7, 11) is 0. The zero-order valence-electron chi connectivity index (χ0n) is 10.8. The van der Waals surface area contributed by atoms with Gasteiger partial charge >= 0.3 is 0 Å². The van der Waals surface area contributed by atoms with E-state index in [1.165, 1.54) is 41.6 Å². The lowest BCUT2D eigenvalue weighted by atomic mass is 9.66. The van der Waals surface area contributed by atoms with Crippen LogP contribution in [0.15, 0.2) is 15.9 Å². The topological polar surface area (TPSA) is 12.0 Å². The molecule has 1 saturated carbocycles. The first-order valence-electron chi connectivity index (χ1n) is 6.53. The molecule has 1 heterocycles. The van der Waals surface area contributed by atoms with E-state index in [0.717, 1.165) is 12.5 Å². The Morgan fingerprint density at radius 3 is 2.71 bits per heavy atom. The van der Waals surface area contributed by atoms with Crippen LogP contribution >= 0.6 is 27.3 Å². The molecule has 1 fully saturated rings. The predicted molar refractivity (Wildman–Crippen MR) is 79.7 cm³/mol. The van der Waals surface area contributed by atoms with E-state index < -0.39 is 0 Å². The summed E-state index contributed by atoms with van der Waals surface area (Å²) in [5.41, 5.74) is 0.555. The molecule has 17 heavy (non-hydrogen) atoms. The fraction of sp³-hybridized carbons (Fsp3) is 0.714. The van der Waals surface area contributed by atoms with Crippen molar-refractivity contribution in [2.75, 3.05) is 13.1 Å². The fourth-order valence-electron chi connectivity index (χ4n) is 2.53. The first-order chi connectivity index (χ1) is 8.10. The molecule has 0 aliphatic heterocycles. The van der Waals surface area contributed by atoms with Gasteiger partial charge in [0.15, 0.2) is 0 Å². The molecule has 1 aliphatic rings. The zero-order valence-corrected chi connectivity index (χ0v) is 13.2. The number of rotatable bonds is 6. The molecule has 2 rings (SSSR count). The molecule has 3 heteroatoms. The average Bonchev–Trinajstić information content (AvgIpc) is 2.59. The largest absolute Gasteiger partial charge is 0.316 e. The van der Waals surface area contributed by atoms with Gasteiger partial charge in [0, 0.05) is 21.3 Å². The van der Waals surface area contributed by atoms with Crippen molar-refractivity contribution in [3.8, 4) is 0 Å². The summed E-state index contributed by atoms with van der Waals surface area (Å²) in [6, 6.07) is 2.28. The van der Waals surface area contributed by atoms with Gasteiger partial charge in [-0.25, -0.2) is 0 Å². The lowest BCUT2D eigenvalue weighted by Gasteiger charge is -2.42. The van der Waals surface area contributed by atoms with Crippen LogP contribution in [0.25, 0.3) is 0 Å². The smallest absolute Gasteiger partial charge is 0.0285 e. The Morgan fingerprint density at radius 2 is 2.24 bits per heavy atom. The molecule has 1 nitrogen and oxygen atoms in total. The van der Waals surface area contributed by atoms with Crippen LogP contribution in [0.4, 0.5) is 0 Å². The minimum Gasteiger partial charge on any atom is -0.316 e. The molecule has 1 aromatic heterocycles. The van der Waals surface area contributed by atoms with E-state index in [9.17, 15) is 0 Å². The van der Waals surface area contributed by atoms with E-state index in [-0.39, 0.29) is 0 Å². The maximum absolute atomic E-state index is 3.65. The maximum atomic E-state index is 3.65. The van der Waals surface area contributed by atoms with Crippen LogP contribution in [0.3, 0.4) is 0 Å². The molecule has 0 unspecified atom stereocenters. The number of hydrogen-bond donors (Lipinski definition) is 1. The van der Waals surface area contributed by atoms with Gasteiger partial charge in [0.2, 0.25) is 0 Å². The summed E-state index contributed by atoms with van der Waals surface area (Å²) < 4.78 is 1.24. The molecule has 1 aliphatic carbocycles. The van der Waals surface area contributed by atoms with Crippen LogP contribution in [-0.2, 0) is 6.42 Å². The number of halogens is 1. The van der Waals surface area contributed by atoms with Crippen LogP contribution in [0.1, 0.15) is 38.0 Å². The van der Waals surface area contributed by atoms with Crippen molar-refractivity contribution < 1.29 is 0 Å². The average molecular weight is 316 g/mol. The van der Waals surface area contributed by atoms with E-state index in [4.69, 9.17) is 0 Å². The first kappa shape index (κ1) is 13.6. The third-order valence-corrected chi connectivity index (χ3v) is 5.34. The second-order valence-electron chi connectivity index (χ2n) is 5.79. The van der Waals surface area contributed by atoms with E-state index in [1.807, 2.05) is 11.3 Å². The molecule has 0 amide bonds. The Bertz CT molecular complexity index is 355. The summed E-state index contributed by atoms with van der Waals surface area (Å²) in [6.45, 7) is 6.89. The standard InChI is InChI=1S/C14H22BrNS/c1-11(2)8-16-10-14(4-3-5-14)7-13-6-12(15)9-17-13/h6,9,11,16H,3-5,7-8,10H2,1-2H3. The van der Waals surface area contributed by atoms with Gasteiger partial charge in [0.1, 0.15) is 0 Å². The molecule has 0 aromatic carbocycles. The lowest BCUT2D eigenvalue weighted by molar-refractivity contribution is 0.130. The summed E-state index contributed by atoms with van der Waals surface area (Å²) in [6.07, 6.45) is 5.46. The van der Waals surface area contributed by atoms with Crippen molar-refractivity contribution >= 4 is 27.3 Å². The molecule has 1 aromatic rings. The highest BCUT2D eigenvalue weighted by atomic mass is 79.9. The molecule has 0 radical (unpaired) electrons. The van der Waals surface area contributed by atoms with Gasteiger partial charge in [-0.05, 0) is 59.1 Å². The van der Waals surface area contributed by atoms with Gasteiger partial charge in [-0.2, -0.15) is 0 Å². The normalized spacial score (nSPS) is 18.4. The van der Waals surface area contributed by atoms with Crippen LogP contribution in [0, 0.1) is 11.3 Å². The number of nitrogens with one attached hydrogen (secondary N) is 1. The van der Waals surface area contributed by atoms with Crippen molar-refractivity contribution in [3.63, 3.8) is 0 Å². The molecule has 0 spiro atoms. The molecule has 0 atom stereocenters. The highest BCUT2D eigenvalue weighted by molar-refractivity contribution is 9.10. The fourth-order valence-corrected chi connectivity index (χ4v) is 4.16. The molecule has 0 bridgehead atoms. The molecule has 96 valence electrons. The van der Waals surface area contributed by atoms with Gasteiger partial charge in [0.05, 0.1) is 0 Å². The summed E-state index contributed by atoms with van der Waals surface area (Å²) in [5, 5.41) is 5.85. The van der Waals surface area contributed by atoms with Crippen molar-refractivity contribution in [1.82, 2.24) is 5.32 Å². The minimum absolute atomic E-state index is 0.555. The van der Waals surface area contributed by atoms with Gasteiger partial charge in [-0.1, -0.05) is 20.3 Å². The Kier molecular flexibility index (Phi) is 4.67. The maximum Gasteiger partial charge on any atom is 0.0285 e. The van der Waals surface area contributed by atoms with Gasteiger partial charge < -0.3 is 5.32 Å². The van der Waals surface area contributed by atoms with Crippen LogP contribution in [0.2, 0.25) is 0 Å². The molecular weight excluding hydrogens is 294 g/mol. The second kappa shape index (κ2) is 5.85. The highest BCUT2D eigenvalue weighted by Gasteiger charge is 2.36. The van der Waals surface area contributed by atoms with E-state index in [1.54, 1.807) is 0 Å². The molecule has 0 saturated heterocycles. The van der Waals surface area contributed by atoms with Crippen molar-refractivity contribution in [2.45, 2.75) is 39.5 Å². The SMILES string of the molecule is CC(C)CNCC1(Cc2cc(Br)cs2)CCC1. The monoisotopic (exact) mass is 315 g/mol. The van der Waals surface area contributed by atoms with Crippen molar-refractivity contribution in [1.29, 1.82) is 0 Å². The molecule has 1 N–H and O–H groups in total. The molecular formula is C14H22BrNS. The van der Waals surface area contributed by atoms with E-state index in [0.29, 0.717) is 5.41 Å². The third kappa shape index (κ3) is 3.80. The lowest BCUT2D eigenvalue weighted by Crippen LogP contribution is -2.42. The first-order valence-corrected chi connectivity index (χ1v) is 8.21. The minimum atomic E-state index is 0.555. The Hall–Kier alpha value is 0.140. The third-order valence-electron chi connectivity index (χ3n) is 3.64. The summed E-state index contributed by atoms with van der Waals surface area (Å²) >= 11 is 5.44. The summed E-state index contributed by atoms with van der Waals surface area (Å²) in [4.78, 5) is 1.53. The number of thiophene rings is 1. The van der Waals surface area contributed by atoms with E-state index in [2.05, 4.69) is 46.5 Å². The van der Waals surface area contributed by atoms with Crippen molar-refractivity contribution in [2.24, 2.45) is 11.3 Å².